The number of hydrogen-bond acceptors (Lipinski definition) is 2. The molecule has 0 bridgehead atoms. The van der Waals surface area contributed by atoms with Crippen molar-refractivity contribution in [3.8, 4) is 0 Å². The highest BCUT2D eigenvalue weighted by Gasteiger charge is 2.24. The van der Waals surface area contributed by atoms with Gasteiger partial charge in [-0.3, -0.25) is 0 Å². The second-order valence-corrected chi connectivity index (χ2v) is 4.02. The highest BCUT2D eigenvalue weighted by atomic mass is 32.2. The minimum absolute atomic E-state index is 0.808. The van der Waals surface area contributed by atoms with Crippen LogP contribution in [0.25, 0.3) is 0 Å². The van der Waals surface area contributed by atoms with E-state index in [2.05, 4.69) is 25.1 Å². The Morgan fingerprint density at radius 1 is 1.56 bits per heavy atom. The van der Waals surface area contributed by atoms with Crippen molar-refractivity contribution in [3.05, 3.63) is 0 Å². The first kappa shape index (κ1) is 7.42. The van der Waals surface area contributed by atoms with E-state index in [0.717, 1.165) is 11.3 Å². The molecule has 1 fully saturated rings. The minimum atomic E-state index is 0.808. The van der Waals surface area contributed by atoms with Crippen LogP contribution in [0.5, 0.6) is 0 Å². The van der Waals surface area contributed by atoms with Gasteiger partial charge in [-0.25, -0.2) is 0 Å². The zero-order valence-corrected chi connectivity index (χ0v) is 7.24. The predicted octanol–water partition coefficient (Wildman–Crippen LogP) is 1.44. The smallest absolute Gasteiger partial charge is 0.0186 e. The number of likely N-dealkylation sites (tertiary alicyclic amines) is 1. The highest BCUT2D eigenvalue weighted by Crippen LogP contribution is 2.23. The highest BCUT2D eigenvalue weighted by molar-refractivity contribution is 7.99. The molecule has 0 N–H and O–H groups in total. The number of nitrogens with zero attached hydrogens (tertiary/aromatic N) is 1. The summed E-state index contributed by atoms with van der Waals surface area (Å²) in [6, 6.07) is 0.808. The summed E-state index contributed by atoms with van der Waals surface area (Å²) >= 11 is 2.00. The second kappa shape index (κ2) is 2.93. The first-order valence-electron chi connectivity index (χ1n) is 3.47. The maximum atomic E-state index is 2.43. The van der Waals surface area contributed by atoms with E-state index in [1.165, 1.54) is 13.0 Å². The molecule has 1 rings (SSSR count). The van der Waals surface area contributed by atoms with Crippen LogP contribution in [0.15, 0.2) is 0 Å². The maximum absolute atomic E-state index is 2.43. The lowest BCUT2D eigenvalue weighted by atomic mass is 10.2. The van der Waals surface area contributed by atoms with Crippen LogP contribution in [0.2, 0.25) is 0 Å². The zero-order valence-electron chi connectivity index (χ0n) is 6.42. The van der Waals surface area contributed by atoms with Gasteiger partial charge in [-0.2, -0.15) is 11.8 Å². The molecule has 0 aromatic carbocycles. The summed E-state index contributed by atoms with van der Waals surface area (Å²) in [4.78, 5) is 2.43. The Morgan fingerprint density at radius 3 is 2.44 bits per heavy atom. The summed E-state index contributed by atoms with van der Waals surface area (Å²) in [6.07, 6.45) is 3.58. The minimum Gasteiger partial charge on any atom is -0.303 e. The summed E-state index contributed by atoms with van der Waals surface area (Å²) in [6.45, 7) is 3.58. The van der Waals surface area contributed by atoms with E-state index < -0.39 is 0 Å². The van der Waals surface area contributed by atoms with Gasteiger partial charge in [-0.05, 0) is 26.6 Å². The second-order valence-electron chi connectivity index (χ2n) is 2.88. The van der Waals surface area contributed by atoms with E-state index in [9.17, 15) is 0 Å². The molecule has 1 heterocycles. The molecule has 0 aromatic rings. The van der Waals surface area contributed by atoms with Crippen LogP contribution in [0, 0.1) is 0 Å². The summed E-state index contributed by atoms with van der Waals surface area (Å²) < 4.78 is 0. The Bertz CT molecular complexity index is 84.9. The summed E-state index contributed by atoms with van der Waals surface area (Å²) in [7, 11) is 2.21. The molecule has 54 valence electrons. The van der Waals surface area contributed by atoms with Crippen molar-refractivity contribution in [1.82, 2.24) is 4.90 Å². The molecule has 2 heteroatoms. The molecule has 0 saturated carbocycles. The van der Waals surface area contributed by atoms with Gasteiger partial charge in [0.15, 0.2) is 0 Å². The van der Waals surface area contributed by atoms with Crippen LogP contribution in [0.1, 0.15) is 13.3 Å². The Morgan fingerprint density at radius 2 is 2.22 bits per heavy atom. The number of thioether (sulfide) groups is 1. The lowest BCUT2D eigenvalue weighted by Gasteiger charge is -2.12. The third-order valence-corrected chi connectivity index (χ3v) is 3.19. The van der Waals surface area contributed by atoms with Crippen molar-refractivity contribution in [2.75, 3.05) is 19.8 Å². The molecular formula is C7H15NS. The predicted molar refractivity (Wildman–Crippen MR) is 44.0 cm³/mol. The van der Waals surface area contributed by atoms with E-state index in [4.69, 9.17) is 0 Å². The molecule has 0 aliphatic carbocycles. The van der Waals surface area contributed by atoms with Gasteiger partial charge in [0.2, 0.25) is 0 Å². The van der Waals surface area contributed by atoms with Crippen LogP contribution >= 0.6 is 11.8 Å². The summed E-state index contributed by atoms with van der Waals surface area (Å²) in [5, 5.41) is 0.894. The van der Waals surface area contributed by atoms with Gasteiger partial charge in [-0.1, -0.05) is 0 Å². The van der Waals surface area contributed by atoms with Gasteiger partial charge >= 0.3 is 0 Å². The van der Waals surface area contributed by atoms with E-state index in [1.807, 2.05) is 11.8 Å². The monoisotopic (exact) mass is 145 g/mol. The number of hydrogen-bond donors (Lipinski definition) is 0. The fourth-order valence-electron chi connectivity index (χ4n) is 1.31. The summed E-state index contributed by atoms with van der Waals surface area (Å²) in [5.41, 5.74) is 0. The Balaban J connectivity index is 2.35. The van der Waals surface area contributed by atoms with Gasteiger partial charge in [0.05, 0.1) is 0 Å². The standard InChI is InChI=1S/C7H15NS/c1-6-4-7(9-3)5-8(6)2/h6-7H,4-5H2,1-3H3/t6-,7?/m1/s1. The molecule has 0 radical (unpaired) electrons. The molecule has 0 aromatic heterocycles. The first-order valence-corrected chi connectivity index (χ1v) is 4.76. The Hall–Kier alpha value is 0.310. The van der Waals surface area contributed by atoms with Crippen molar-refractivity contribution in [2.24, 2.45) is 0 Å². The average Bonchev–Trinajstić information content (AvgIpc) is 2.13. The van der Waals surface area contributed by atoms with E-state index in [-0.39, 0.29) is 0 Å². The van der Waals surface area contributed by atoms with Crippen molar-refractivity contribution in [1.29, 1.82) is 0 Å². The van der Waals surface area contributed by atoms with Gasteiger partial charge in [0, 0.05) is 17.8 Å². The normalized spacial score (nSPS) is 37.7. The van der Waals surface area contributed by atoms with Crippen LogP contribution in [0.3, 0.4) is 0 Å². The Kier molecular flexibility index (Phi) is 2.42. The molecule has 1 nitrogen and oxygen atoms in total. The molecule has 0 spiro atoms. The zero-order chi connectivity index (χ0) is 6.85. The van der Waals surface area contributed by atoms with Gasteiger partial charge in [0.25, 0.3) is 0 Å². The largest absolute Gasteiger partial charge is 0.303 e. The van der Waals surface area contributed by atoms with Gasteiger partial charge in [-0.15, -0.1) is 0 Å². The third-order valence-electron chi connectivity index (χ3n) is 2.18. The Labute approximate surface area is 61.8 Å². The van der Waals surface area contributed by atoms with Crippen LogP contribution in [-0.4, -0.2) is 36.0 Å². The molecular weight excluding hydrogens is 130 g/mol. The van der Waals surface area contributed by atoms with Crippen LogP contribution in [-0.2, 0) is 0 Å². The van der Waals surface area contributed by atoms with Crippen molar-refractivity contribution in [2.45, 2.75) is 24.6 Å². The van der Waals surface area contributed by atoms with Crippen molar-refractivity contribution < 1.29 is 0 Å². The first-order chi connectivity index (χ1) is 4.24. The fraction of sp³-hybridized carbons (Fsp3) is 1.00. The van der Waals surface area contributed by atoms with E-state index in [1.54, 1.807) is 0 Å². The molecule has 1 unspecified atom stereocenters. The fourth-order valence-corrected chi connectivity index (χ4v) is 2.16. The molecule has 1 saturated heterocycles. The van der Waals surface area contributed by atoms with Gasteiger partial charge < -0.3 is 4.90 Å². The average molecular weight is 145 g/mol. The van der Waals surface area contributed by atoms with Crippen LogP contribution < -0.4 is 0 Å². The van der Waals surface area contributed by atoms with E-state index in [0.29, 0.717) is 0 Å². The SMILES string of the molecule is CSC1C[C@@H](C)N(C)C1. The molecule has 1 aliphatic heterocycles. The maximum Gasteiger partial charge on any atom is 0.0186 e. The topological polar surface area (TPSA) is 3.24 Å². The molecule has 0 amide bonds. The van der Waals surface area contributed by atoms with Crippen molar-refractivity contribution >= 4 is 11.8 Å². The summed E-state index contributed by atoms with van der Waals surface area (Å²) in [5.74, 6) is 0. The van der Waals surface area contributed by atoms with E-state index >= 15 is 0 Å². The van der Waals surface area contributed by atoms with Crippen LogP contribution in [0.4, 0.5) is 0 Å². The lowest BCUT2D eigenvalue weighted by Crippen LogP contribution is -2.21. The molecule has 9 heavy (non-hydrogen) atoms. The van der Waals surface area contributed by atoms with Crippen molar-refractivity contribution in [3.63, 3.8) is 0 Å². The molecule has 1 aliphatic rings. The third kappa shape index (κ3) is 1.62. The van der Waals surface area contributed by atoms with Gasteiger partial charge in [0.1, 0.15) is 0 Å². The number of rotatable bonds is 1. The lowest BCUT2D eigenvalue weighted by molar-refractivity contribution is 0.331. The molecule has 2 atom stereocenters. The quantitative estimate of drug-likeness (QED) is 0.549.